The second-order valence-corrected chi connectivity index (χ2v) is 7.46. The third-order valence-corrected chi connectivity index (χ3v) is 5.52. The van der Waals surface area contributed by atoms with E-state index in [1.54, 1.807) is 13.2 Å². The average Bonchev–Trinajstić information content (AvgIpc) is 2.79. The third-order valence-electron chi connectivity index (χ3n) is 3.73. The van der Waals surface area contributed by atoms with Crippen LogP contribution in [-0.2, 0) is 21.9 Å². The van der Waals surface area contributed by atoms with Crippen molar-refractivity contribution in [3.63, 3.8) is 0 Å². The molecule has 0 radical (unpaired) electrons. The molecule has 1 unspecified atom stereocenters. The summed E-state index contributed by atoms with van der Waals surface area (Å²) in [5, 5.41) is 10.6. The lowest BCUT2D eigenvalue weighted by Crippen LogP contribution is -2.30. The molecule has 1 N–H and O–H groups in total. The van der Waals surface area contributed by atoms with Crippen LogP contribution in [0.25, 0.3) is 0 Å². The first-order valence-electron chi connectivity index (χ1n) is 6.46. The molecular weight excluding hydrogens is 252 g/mol. The van der Waals surface area contributed by atoms with E-state index >= 15 is 0 Å². The molecule has 5 heteroatoms. The van der Waals surface area contributed by atoms with Crippen molar-refractivity contribution >= 4 is 9.84 Å². The lowest BCUT2D eigenvalue weighted by molar-refractivity contribution is 0.00750. The van der Waals surface area contributed by atoms with Gasteiger partial charge in [-0.1, -0.05) is 6.92 Å². The van der Waals surface area contributed by atoms with E-state index in [0.717, 1.165) is 24.2 Å². The Morgan fingerprint density at radius 2 is 2.28 bits per heavy atom. The Morgan fingerprint density at radius 1 is 1.50 bits per heavy atom. The van der Waals surface area contributed by atoms with Gasteiger partial charge in [0.15, 0.2) is 0 Å². The quantitative estimate of drug-likeness (QED) is 0.890. The summed E-state index contributed by atoms with van der Waals surface area (Å²) in [5.74, 6) is 1.17. The molecule has 18 heavy (non-hydrogen) atoms. The van der Waals surface area contributed by atoms with Crippen molar-refractivity contribution in [3.8, 4) is 0 Å². The molecule has 1 aliphatic rings. The first-order valence-corrected chi connectivity index (χ1v) is 8.29. The van der Waals surface area contributed by atoms with E-state index in [2.05, 4.69) is 0 Å². The monoisotopic (exact) mass is 272 g/mol. The van der Waals surface area contributed by atoms with Gasteiger partial charge in [0.2, 0.25) is 0 Å². The highest BCUT2D eigenvalue weighted by atomic mass is 32.2. The molecule has 0 spiro atoms. The van der Waals surface area contributed by atoms with Crippen LogP contribution in [0.15, 0.2) is 16.7 Å². The second-order valence-electron chi connectivity index (χ2n) is 4.98. The Labute approximate surface area is 108 Å². The molecule has 2 rings (SSSR count). The number of furan rings is 1. The largest absolute Gasteiger partial charge is 0.469 e. The van der Waals surface area contributed by atoms with Crippen molar-refractivity contribution < 1.29 is 17.9 Å². The number of rotatable bonds is 5. The summed E-state index contributed by atoms with van der Waals surface area (Å²) < 4.78 is 28.2. The number of fused-ring (bicyclic) bond motifs is 1. The fourth-order valence-corrected chi connectivity index (χ4v) is 3.49. The summed E-state index contributed by atoms with van der Waals surface area (Å²) in [4.78, 5) is 0. The minimum absolute atomic E-state index is 0.152. The highest BCUT2D eigenvalue weighted by molar-refractivity contribution is 7.91. The molecule has 1 aromatic heterocycles. The zero-order valence-corrected chi connectivity index (χ0v) is 11.5. The second kappa shape index (κ2) is 5.05. The maximum Gasteiger partial charge on any atom is 0.150 e. The molecule has 1 aromatic rings. The van der Waals surface area contributed by atoms with Gasteiger partial charge in [-0.15, -0.1) is 0 Å². The summed E-state index contributed by atoms with van der Waals surface area (Å²) in [7, 11) is -2.95. The summed E-state index contributed by atoms with van der Waals surface area (Å²) in [6.07, 6.45) is 5.01. The van der Waals surface area contributed by atoms with Gasteiger partial charge in [0.05, 0.1) is 17.6 Å². The Bertz CT molecular complexity index is 503. The molecule has 1 atom stereocenters. The minimum atomic E-state index is -2.95. The molecule has 0 fully saturated rings. The van der Waals surface area contributed by atoms with E-state index in [1.165, 1.54) is 0 Å². The first kappa shape index (κ1) is 13.6. The minimum Gasteiger partial charge on any atom is -0.469 e. The van der Waals surface area contributed by atoms with Gasteiger partial charge in [-0.25, -0.2) is 8.42 Å². The Hall–Kier alpha value is -0.810. The van der Waals surface area contributed by atoms with Gasteiger partial charge in [-0.2, -0.15) is 0 Å². The van der Waals surface area contributed by atoms with Crippen molar-refractivity contribution in [2.45, 2.75) is 44.6 Å². The van der Waals surface area contributed by atoms with Crippen molar-refractivity contribution in [3.05, 3.63) is 23.7 Å². The summed E-state index contributed by atoms with van der Waals surface area (Å²) in [6.45, 7) is 1.65. The molecule has 0 saturated heterocycles. The molecule has 0 aliphatic heterocycles. The van der Waals surface area contributed by atoms with E-state index < -0.39 is 15.4 Å². The fourth-order valence-electron chi connectivity index (χ4n) is 2.61. The van der Waals surface area contributed by atoms with Gasteiger partial charge >= 0.3 is 0 Å². The smallest absolute Gasteiger partial charge is 0.150 e. The van der Waals surface area contributed by atoms with Crippen LogP contribution >= 0.6 is 0 Å². The summed E-state index contributed by atoms with van der Waals surface area (Å²) in [6, 6.07) is 1.81. The van der Waals surface area contributed by atoms with Crippen LogP contribution in [0, 0.1) is 0 Å². The van der Waals surface area contributed by atoms with Crippen LogP contribution in [0.4, 0.5) is 0 Å². The van der Waals surface area contributed by atoms with E-state index in [-0.39, 0.29) is 11.5 Å². The van der Waals surface area contributed by atoms with Gasteiger partial charge in [-0.05, 0) is 31.7 Å². The van der Waals surface area contributed by atoms with Gasteiger partial charge in [0.25, 0.3) is 0 Å². The van der Waals surface area contributed by atoms with Crippen LogP contribution < -0.4 is 0 Å². The first-order chi connectivity index (χ1) is 8.47. The van der Waals surface area contributed by atoms with Crippen molar-refractivity contribution in [1.29, 1.82) is 0 Å². The number of aryl methyl sites for hydroxylation is 1. The average molecular weight is 272 g/mol. The third kappa shape index (κ3) is 2.78. The Balaban J connectivity index is 2.02. The van der Waals surface area contributed by atoms with Crippen molar-refractivity contribution in [2.24, 2.45) is 0 Å². The molecule has 0 amide bonds. The number of hydrogen-bond acceptors (Lipinski definition) is 4. The number of aliphatic hydroxyl groups is 1. The van der Waals surface area contributed by atoms with Gasteiger partial charge in [0.1, 0.15) is 15.6 Å². The zero-order valence-electron chi connectivity index (χ0n) is 10.7. The predicted octanol–water partition coefficient (Wildman–Crippen LogP) is 2.02. The Kier molecular flexibility index (Phi) is 3.82. The van der Waals surface area contributed by atoms with E-state index in [9.17, 15) is 13.5 Å². The normalized spacial score (nSPS) is 23.9. The molecule has 1 aliphatic carbocycles. The number of hydrogen-bond donors (Lipinski definition) is 1. The Morgan fingerprint density at radius 3 is 3.00 bits per heavy atom. The topological polar surface area (TPSA) is 67.5 Å². The fraction of sp³-hybridized carbons (Fsp3) is 0.692. The van der Waals surface area contributed by atoms with Gasteiger partial charge < -0.3 is 9.52 Å². The van der Waals surface area contributed by atoms with Crippen molar-refractivity contribution in [1.82, 2.24) is 0 Å². The predicted molar refractivity (Wildman–Crippen MR) is 69.1 cm³/mol. The summed E-state index contributed by atoms with van der Waals surface area (Å²) in [5.41, 5.74) is -0.0493. The van der Waals surface area contributed by atoms with E-state index in [0.29, 0.717) is 19.3 Å². The maximum absolute atomic E-state index is 11.4. The lowest BCUT2D eigenvalue weighted by Gasteiger charge is -2.31. The molecular formula is C13H20O4S. The van der Waals surface area contributed by atoms with Crippen LogP contribution in [0.5, 0.6) is 0 Å². The van der Waals surface area contributed by atoms with Crippen LogP contribution in [-0.4, -0.2) is 25.0 Å². The van der Waals surface area contributed by atoms with Crippen LogP contribution in [0.3, 0.4) is 0 Å². The molecule has 102 valence electrons. The SMILES string of the molecule is CCS(=O)(=O)CCCC1(O)CCCc2occc21. The standard InChI is InChI=1S/C13H20O4S/c1-2-18(15,16)10-4-8-13(14)7-3-5-12-11(13)6-9-17-12/h6,9,14H,2-5,7-8,10H2,1H3. The molecule has 4 nitrogen and oxygen atoms in total. The van der Waals surface area contributed by atoms with Crippen LogP contribution in [0.2, 0.25) is 0 Å². The molecule has 1 heterocycles. The highest BCUT2D eigenvalue weighted by Crippen LogP contribution is 2.39. The molecule has 0 aromatic carbocycles. The van der Waals surface area contributed by atoms with E-state index in [4.69, 9.17) is 4.42 Å². The van der Waals surface area contributed by atoms with E-state index in [1.807, 2.05) is 6.07 Å². The maximum atomic E-state index is 11.4. The van der Waals surface area contributed by atoms with Gasteiger partial charge in [-0.3, -0.25) is 0 Å². The molecule has 0 bridgehead atoms. The van der Waals surface area contributed by atoms with Gasteiger partial charge in [0, 0.05) is 17.7 Å². The zero-order chi connectivity index (χ0) is 13.2. The lowest BCUT2D eigenvalue weighted by atomic mass is 9.80. The van der Waals surface area contributed by atoms with Crippen molar-refractivity contribution in [2.75, 3.05) is 11.5 Å². The van der Waals surface area contributed by atoms with Crippen LogP contribution in [0.1, 0.15) is 43.9 Å². The number of sulfone groups is 1. The molecule has 0 saturated carbocycles. The summed E-state index contributed by atoms with van der Waals surface area (Å²) >= 11 is 0. The highest BCUT2D eigenvalue weighted by Gasteiger charge is 2.35.